The maximum absolute atomic E-state index is 12.0. The van der Waals surface area contributed by atoms with Crippen molar-refractivity contribution in [2.45, 2.75) is 25.5 Å². The number of carbonyl (C=O) groups is 1. The quantitative estimate of drug-likeness (QED) is 0.945. The van der Waals surface area contributed by atoms with Crippen LogP contribution in [0, 0.1) is 0 Å². The van der Waals surface area contributed by atoms with Gasteiger partial charge in [0.1, 0.15) is 12.4 Å². The van der Waals surface area contributed by atoms with Crippen molar-refractivity contribution in [3.63, 3.8) is 0 Å². The molecule has 2 aromatic rings. The molecule has 0 aliphatic heterocycles. The molecule has 0 saturated heterocycles. The van der Waals surface area contributed by atoms with Gasteiger partial charge in [-0.05, 0) is 36.1 Å². The third-order valence-corrected chi connectivity index (χ3v) is 4.17. The first kappa shape index (κ1) is 14.1. The van der Waals surface area contributed by atoms with E-state index in [4.69, 9.17) is 22.1 Å². The van der Waals surface area contributed by atoms with Gasteiger partial charge in [-0.1, -0.05) is 41.9 Å². The number of benzene rings is 2. The van der Waals surface area contributed by atoms with E-state index in [1.807, 2.05) is 30.3 Å². The molecule has 0 aromatic heterocycles. The minimum Gasteiger partial charge on any atom is -0.487 e. The highest BCUT2D eigenvalue weighted by Gasteiger charge is 2.27. The van der Waals surface area contributed by atoms with Crippen LogP contribution in [0.15, 0.2) is 42.5 Å². The maximum Gasteiger partial charge on any atom is 0.179 e. The van der Waals surface area contributed by atoms with E-state index in [-0.39, 0.29) is 5.78 Å². The Balaban J connectivity index is 1.83. The van der Waals surface area contributed by atoms with Crippen LogP contribution in [0.25, 0.3) is 0 Å². The molecular weight excluding hydrogens is 286 g/mol. The standard InChI is InChI=1S/C17H16ClNO2/c18-16-12-6-8-14(19)17(20)13(12)7-9-15(16)21-10-11-4-2-1-3-5-11/h1-5,7,9,14H,6,8,10,19H2. The minimum atomic E-state index is -0.412. The lowest BCUT2D eigenvalue weighted by molar-refractivity contribution is 0.0948. The van der Waals surface area contributed by atoms with E-state index in [9.17, 15) is 4.79 Å². The number of ketones is 1. The largest absolute Gasteiger partial charge is 0.487 e. The molecule has 0 amide bonds. The zero-order valence-electron chi connectivity index (χ0n) is 11.5. The number of halogens is 1. The second-order valence-electron chi connectivity index (χ2n) is 5.19. The summed E-state index contributed by atoms with van der Waals surface area (Å²) in [4.78, 5) is 12.0. The number of Topliss-reactive ketones (excluding diaryl/α,β-unsaturated/α-hetero) is 1. The summed E-state index contributed by atoms with van der Waals surface area (Å²) in [5.41, 5.74) is 8.35. The summed E-state index contributed by atoms with van der Waals surface area (Å²) in [5, 5.41) is 0.531. The molecule has 3 rings (SSSR count). The van der Waals surface area contributed by atoms with Crippen LogP contribution in [0.4, 0.5) is 0 Å². The first-order valence-corrected chi connectivity index (χ1v) is 7.32. The molecule has 2 aromatic carbocycles. The van der Waals surface area contributed by atoms with Gasteiger partial charge in [0.25, 0.3) is 0 Å². The van der Waals surface area contributed by atoms with Gasteiger partial charge in [-0.25, -0.2) is 0 Å². The topological polar surface area (TPSA) is 52.3 Å². The number of rotatable bonds is 3. The highest BCUT2D eigenvalue weighted by Crippen LogP contribution is 2.35. The molecule has 1 aliphatic rings. The molecule has 0 bridgehead atoms. The van der Waals surface area contributed by atoms with Crippen LogP contribution >= 0.6 is 11.6 Å². The van der Waals surface area contributed by atoms with Crippen LogP contribution in [-0.4, -0.2) is 11.8 Å². The molecule has 4 heteroatoms. The highest BCUT2D eigenvalue weighted by atomic mass is 35.5. The first-order valence-electron chi connectivity index (χ1n) is 6.94. The Morgan fingerprint density at radius 3 is 2.71 bits per heavy atom. The highest BCUT2D eigenvalue weighted by molar-refractivity contribution is 6.33. The van der Waals surface area contributed by atoms with Crippen LogP contribution in [0.5, 0.6) is 5.75 Å². The van der Waals surface area contributed by atoms with Crippen LogP contribution in [0.3, 0.4) is 0 Å². The van der Waals surface area contributed by atoms with Gasteiger partial charge in [0.2, 0.25) is 0 Å². The van der Waals surface area contributed by atoms with E-state index in [2.05, 4.69) is 0 Å². The van der Waals surface area contributed by atoms with E-state index < -0.39 is 6.04 Å². The normalized spacial score (nSPS) is 17.4. The third-order valence-electron chi connectivity index (χ3n) is 3.75. The number of hydrogen-bond acceptors (Lipinski definition) is 3. The van der Waals surface area contributed by atoms with E-state index in [0.717, 1.165) is 11.1 Å². The molecule has 2 N–H and O–H groups in total. The van der Waals surface area contributed by atoms with Gasteiger partial charge < -0.3 is 10.5 Å². The number of ether oxygens (including phenoxy) is 1. The van der Waals surface area contributed by atoms with E-state index in [1.165, 1.54) is 0 Å². The lowest BCUT2D eigenvalue weighted by atomic mass is 9.87. The average molecular weight is 302 g/mol. The number of fused-ring (bicyclic) bond motifs is 1. The van der Waals surface area contributed by atoms with E-state index >= 15 is 0 Å². The lowest BCUT2D eigenvalue weighted by Gasteiger charge is -2.22. The van der Waals surface area contributed by atoms with Crippen LogP contribution in [-0.2, 0) is 13.0 Å². The zero-order valence-corrected chi connectivity index (χ0v) is 12.3. The van der Waals surface area contributed by atoms with Gasteiger partial charge in [0, 0.05) is 5.56 Å². The summed E-state index contributed by atoms with van der Waals surface area (Å²) in [6, 6.07) is 13.0. The van der Waals surface area contributed by atoms with Gasteiger partial charge in [-0.15, -0.1) is 0 Å². The summed E-state index contributed by atoms with van der Waals surface area (Å²) in [6.07, 6.45) is 1.34. The van der Waals surface area contributed by atoms with Crippen molar-refractivity contribution in [3.05, 3.63) is 64.2 Å². The Labute approximate surface area is 128 Å². The predicted octanol–water partition coefficient (Wildman–Crippen LogP) is 3.38. The molecule has 0 spiro atoms. The van der Waals surface area contributed by atoms with Crippen molar-refractivity contribution in [1.29, 1.82) is 0 Å². The van der Waals surface area contributed by atoms with E-state index in [1.54, 1.807) is 12.1 Å². The van der Waals surface area contributed by atoms with Crippen molar-refractivity contribution in [2.24, 2.45) is 5.73 Å². The molecule has 0 radical (unpaired) electrons. The summed E-state index contributed by atoms with van der Waals surface area (Å²) < 4.78 is 5.78. The van der Waals surface area contributed by atoms with Crippen LogP contribution in [0.2, 0.25) is 5.02 Å². The Morgan fingerprint density at radius 2 is 1.95 bits per heavy atom. The van der Waals surface area contributed by atoms with Gasteiger partial charge in [-0.3, -0.25) is 4.79 Å². The van der Waals surface area contributed by atoms with Gasteiger partial charge >= 0.3 is 0 Å². The van der Waals surface area contributed by atoms with Crippen LogP contribution < -0.4 is 10.5 Å². The molecule has 1 atom stereocenters. The Hall–Kier alpha value is -1.84. The smallest absolute Gasteiger partial charge is 0.179 e. The van der Waals surface area contributed by atoms with Crippen molar-refractivity contribution in [3.8, 4) is 5.75 Å². The lowest BCUT2D eigenvalue weighted by Crippen LogP contribution is -2.35. The molecule has 0 fully saturated rings. The average Bonchev–Trinajstić information content (AvgIpc) is 2.51. The van der Waals surface area contributed by atoms with Crippen molar-refractivity contribution < 1.29 is 9.53 Å². The summed E-state index contributed by atoms with van der Waals surface area (Å²) in [6.45, 7) is 0.451. The SMILES string of the molecule is NC1CCc2c(ccc(OCc3ccccc3)c2Cl)C1=O. The number of hydrogen-bond donors (Lipinski definition) is 1. The third kappa shape index (κ3) is 2.80. The monoisotopic (exact) mass is 301 g/mol. The number of carbonyl (C=O) groups excluding carboxylic acids is 1. The van der Waals surface area contributed by atoms with Crippen molar-refractivity contribution in [2.75, 3.05) is 0 Å². The first-order chi connectivity index (χ1) is 10.2. The van der Waals surface area contributed by atoms with E-state index in [0.29, 0.717) is 35.8 Å². The van der Waals surface area contributed by atoms with Crippen molar-refractivity contribution >= 4 is 17.4 Å². The molecule has 3 nitrogen and oxygen atoms in total. The van der Waals surface area contributed by atoms with Gasteiger partial charge in [0.15, 0.2) is 5.78 Å². The second-order valence-corrected chi connectivity index (χ2v) is 5.57. The number of nitrogens with two attached hydrogens (primary N) is 1. The van der Waals surface area contributed by atoms with Crippen LogP contribution in [0.1, 0.15) is 27.9 Å². The Morgan fingerprint density at radius 1 is 1.19 bits per heavy atom. The molecular formula is C17H16ClNO2. The fourth-order valence-corrected chi connectivity index (χ4v) is 2.87. The van der Waals surface area contributed by atoms with Gasteiger partial charge in [0.05, 0.1) is 11.1 Å². The zero-order chi connectivity index (χ0) is 14.8. The molecule has 0 saturated carbocycles. The molecule has 1 unspecified atom stereocenters. The fraction of sp³-hybridized carbons (Fsp3) is 0.235. The molecule has 21 heavy (non-hydrogen) atoms. The Kier molecular flexibility index (Phi) is 3.95. The minimum absolute atomic E-state index is 0.0345. The second kappa shape index (κ2) is 5.88. The Bertz CT molecular complexity index is 670. The maximum atomic E-state index is 12.0. The summed E-state index contributed by atoms with van der Waals surface area (Å²) >= 11 is 6.39. The molecule has 1 aliphatic carbocycles. The van der Waals surface area contributed by atoms with Gasteiger partial charge in [-0.2, -0.15) is 0 Å². The summed E-state index contributed by atoms with van der Waals surface area (Å²) in [7, 11) is 0. The fourth-order valence-electron chi connectivity index (χ4n) is 2.55. The summed E-state index contributed by atoms with van der Waals surface area (Å²) in [5.74, 6) is 0.579. The van der Waals surface area contributed by atoms with Crippen molar-refractivity contribution in [1.82, 2.24) is 0 Å². The molecule has 0 heterocycles. The molecule has 108 valence electrons. The predicted molar refractivity (Wildman–Crippen MR) is 82.9 cm³/mol.